The molecule has 4 aliphatic rings. The van der Waals surface area contributed by atoms with Crippen LogP contribution in [0.4, 0.5) is 5.69 Å². The van der Waals surface area contributed by atoms with Crippen molar-refractivity contribution >= 4 is 25.9 Å². The van der Waals surface area contributed by atoms with E-state index in [1.165, 1.54) is 32.1 Å². The molecule has 43 heavy (non-hydrogen) atoms. The van der Waals surface area contributed by atoms with Gasteiger partial charge in [-0.2, -0.15) is 21.3 Å². The van der Waals surface area contributed by atoms with Gasteiger partial charge in [0.05, 0.1) is 4.90 Å². The monoisotopic (exact) mass is 637 g/mol. The quantitative estimate of drug-likeness (QED) is 0.439. The number of anilines is 1. The average molecular weight is 638 g/mol. The molecule has 4 fully saturated rings. The maximum Gasteiger partial charge on any atom is 0.282 e. The van der Waals surface area contributed by atoms with Gasteiger partial charge in [-0.1, -0.05) is 26.2 Å². The topological polar surface area (TPSA) is 84.5 Å². The molecule has 2 aliphatic carbocycles. The lowest BCUT2D eigenvalue weighted by Gasteiger charge is -2.38. The summed E-state index contributed by atoms with van der Waals surface area (Å²) in [4.78, 5) is 4.77. The van der Waals surface area contributed by atoms with E-state index in [2.05, 4.69) is 11.8 Å². The molecule has 0 amide bonds. The lowest BCUT2D eigenvalue weighted by Crippen LogP contribution is -2.51. The minimum absolute atomic E-state index is 0.312. The van der Waals surface area contributed by atoms with Gasteiger partial charge in [0.2, 0.25) is 10.0 Å². The summed E-state index contributed by atoms with van der Waals surface area (Å²) in [6, 6.07) is 7.14. The molecule has 0 aromatic heterocycles. The first-order valence-corrected chi connectivity index (χ1v) is 19.6. The number of benzene rings is 1. The normalized spacial score (nSPS) is 26.5. The van der Waals surface area contributed by atoms with Crippen molar-refractivity contribution in [2.75, 3.05) is 77.9 Å². The van der Waals surface area contributed by atoms with Crippen LogP contribution < -0.4 is 4.90 Å². The fourth-order valence-electron chi connectivity index (χ4n) is 7.41. The fourth-order valence-corrected chi connectivity index (χ4v) is 10.9. The summed E-state index contributed by atoms with van der Waals surface area (Å²) in [7, 11) is -3.47. The van der Waals surface area contributed by atoms with Crippen LogP contribution in [0.25, 0.3) is 0 Å². The molecule has 9 nitrogen and oxygen atoms in total. The number of rotatable bonds is 7. The fraction of sp³-hybridized carbons (Fsp3) is 0.812. The molecule has 2 heterocycles. The first kappa shape index (κ1) is 33.1. The van der Waals surface area contributed by atoms with E-state index >= 15 is 0 Å². The first-order chi connectivity index (χ1) is 20.5. The summed E-state index contributed by atoms with van der Waals surface area (Å²) in [6.45, 7) is 7.72. The van der Waals surface area contributed by atoms with Gasteiger partial charge in [-0.25, -0.2) is 8.42 Å². The van der Waals surface area contributed by atoms with Crippen LogP contribution in [-0.4, -0.2) is 108 Å². The maximum atomic E-state index is 14.1. The molecule has 1 aromatic rings. The van der Waals surface area contributed by atoms with Crippen LogP contribution in [0, 0.1) is 17.3 Å². The highest BCUT2D eigenvalue weighted by Crippen LogP contribution is 2.48. The van der Waals surface area contributed by atoms with Gasteiger partial charge in [-0.3, -0.25) is 0 Å². The Hall–Kier alpha value is -1.24. The predicted molar refractivity (Wildman–Crippen MR) is 174 cm³/mol. The Morgan fingerprint density at radius 2 is 1.35 bits per heavy atom. The van der Waals surface area contributed by atoms with Crippen LogP contribution in [0.1, 0.15) is 77.6 Å². The van der Waals surface area contributed by atoms with Crippen molar-refractivity contribution in [3.63, 3.8) is 0 Å². The molecule has 2 saturated heterocycles. The van der Waals surface area contributed by atoms with E-state index in [9.17, 15) is 16.8 Å². The highest BCUT2D eigenvalue weighted by atomic mass is 32.2. The Kier molecular flexibility index (Phi) is 10.8. The van der Waals surface area contributed by atoms with Crippen LogP contribution in [-0.2, 0) is 20.2 Å². The molecule has 5 rings (SSSR count). The molecule has 244 valence electrons. The molecule has 0 N–H and O–H groups in total. The highest BCUT2D eigenvalue weighted by molar-refractivity contribution is 7.89. The Balaban J connectivity index is 1.40. The number of piperidine rings is 1. The van der Waals surface area contributed by atoms with Gasteiger partial charge in [0.15, 0.2) is 0 Å². The number of nitrogens with zero attached hydrogens (tertiary/aromatic N) is 5. The molecule has 1 unspecified atom stereocenters. The van der Waals surface area contributed by atoms with Crippen molar-refractivity contribution in [3.05, 3.63) is 24.3 Å². The summed E-state index contributed by atoms with van der Waals surface area (Å²) in [5.74, 6) is 1.04. The van der Waals surface area contributed by atoms with Gasteiger partial charge in [-0.15, -0.1) is 0 Å². The van der Waals surface area contributed by atoms with Crippen molar-refractivity contribution in [3.8, 4) is 0 Å². The molecule has 2 saturated carbocycles. The molecular weight excluding hydrogens is 583 g/mol. The Bertz CT molecular complexity index is 1260. The second kappa shape index (κ2) is 14.0. The van der Waals surface area contributed by atoms with Crippen molar-refractivity contribution in [1.82, 2.24) is 17.8 Å². The predicted octanol–water partition coefficient (Wildman–Crippen LogP) is 4.48. The second-order valence-corrected chi connectivity index (χ2v) is 18.1. The number of sulfonamides is 1. The molecule has 1 spiro atoms. The molecule has 1 aromatic carbocycles. The van der Waals surface area contributed by atoms with E-state index in [1.54, 1.807) is 25.0 Å². The van der Waals surface area contributed by atoms with Gasteiger partial charge in [-0.05, 0) is 106 Å². The zero-order valence-corrected chi connectivity index (χ0v) is 28.4. The Labute approximate surface area is 261 Å². The van der Waals surface area contributed by atoms with Crippen LogP contribution in [0.5, 0.6) is 0 Å². The van der Waals surface area contributed by atoms with E-state index in [1.807, 2.05) is 31.1 Å². The molecular formula is C32H55N5O4S2. The number of hydrogen-bond acceptors (Lipinski definition) is 6. The van der Waals surface area contributed by atoms with Gasteiger partial charge >= 0.3 is 0 Å². The largest absolute Gasteiger partial charge is 0.378 e. The maximum absolute atomic E-state index is 14.1. The zero-order valence-electron chi connectivity index (χ0n) is 26.8. The van der Waals surface area contributed by atoms with Crippen LogP contribution in [0.15, 0.2) is 29.2 Å². The van der Waals surface area contributed by atoms with Gasteiger partial charge in [0, 0.05) is 65.6 Å². The minimum atomic E-state index is -3.73. The summed E-state index contributed by atoms with van der Waals surface area (Å²) < 4.78 is 61.6. The smallest absolute Gasteiger partial charge is 0.282 e. The Morgan fingerprint density at radius 3 is 1.95 bits per heavy atom. The third-order valence-corrected chi connectivity index (χ3v) is 14.1. The van der Waals surface area contributed by atoms with E-state index < -0.39 is 20.2 Å². The third kappa shape index (κ3) is 8.33. The van der Waals surface area contributed by atoms with Crippen molar-refractivity contribution in [2.45, 2.75) is 82.4 Å². The lowest BCUT2D eigenvalue weighted by atomic mass is 9.89. The summed E-state index contributed by atoms with van der Waals surface area (Å²) in [5, 5.41) is 0. The molecule has 2 aliphatic heterocycles. The van der Waals surface area contributed by atoms with Gasteiger partial charge < -0.3 is 9.80 Å². The summed E-state index contributed by atoms with van der Waals surface area (Å²) >= 11 is 0. The minimum Gasteiger partial charge on any atom is -0.378 e. The van der Waals surface area contributed by atoms with Crippen LogP contribution in [0.3, 0.4) is 0 Å². The van der Waals surface area contributed by atoms with Crippen LogP contribution in [0.2, 0.25) is 0 Å². The first-order valence-electron chi connectivity index (χ1n) is 16.7. The van der Waals surface area contributed by atoms with Gasteiger partial charge in [0.25, 0.3) is 10.2 Å². The van der Waals surface area contributed by atoms with Gasteiger partial charge in [0.1, 0.15) is 0 Å². The molecule has 0 radical (unpaired) electrons. The summed E-state index contributed by atoms with van der Waals surface area (Å²) in [5.41, 5.74) is 0.629. The average Bonchev–Trinajstić information content (AvgIpc) is 3.75. The summed E-state index contributed by atoms with van der Waals surface area (Å²) in [6.07, 6.45) is 11.7. The van der Waals surface area contributed by atoms with Crippen molar-refractivity contribution < 1.29 is 16.8 Å². The van der Waals surface area contributed by atoms with Crippen molar-refractivity contribution in [1.29, 1.82) is 0 Å². The Morgan fingerprint density at radius 1 is 0.744 bits per heavy atom. The standard InChI is InChI=1S/C32H55N5O4S2/c1-28-10-7-21-35(24-28)43(40,41)37-23-9-20-34(25-29-11-5-4-6-12-29)19-8-22-36(26-32(27-37)17-18-32)42(38,39)31-15-13-30(14-16-31)33(2)3/h13-16,28-29H,4-12,17-27H2,1-3H3. The second-order valence-electron chi connectivity index (χ2n) is 14.2. The molecule has 1 atom stereocenters. The van der Waals surface area contributed by atoms with E-state index in [-0.39, 0.29) is 5.41 Å². The van der Waals surface area contributed by atoms with Crippen molar-refractivity contribution in [2.24, 2.45) is 17.3 Å². The zero-order chi connectivity index (χ0) is 30.7. The molecule has 11 heteroatoms. The lowest BCUT2D eigenvalue weighted by molar-refractivity contribution is 0.173. The van der Waals surface area contributed by atoms with E-state index in [4.69, 9.17) is 0 Å². The number of hydrogen-bond donors (Lipinski definition) is 0. The SMILES string of the molecule is CC1CCCN(S(=O)(=O)N2CCCN(CC3CCCCC3)CCCN(S(=O)(=O)c3ccc(N(C)C)cc3)CC3(CC3)C2)C1. The molecule has 0 bridgehead atoms. The van der Waals surface area contributed by atoms with E-state index in [0.717, 1.165) is 63.8 Å². The van der Waals surface area contributed by atoms with Crippen LogP contribution >= 0.6 is 0 Å². The highest BCUT2D eigenvalue weighted by Gasteiger charge is 2.49. The third-order valence-electron chi connectivity index (χ3n) is 10.2. The van der Waals surface area contributed by atoms with E-state index in [0.29, 0.717) is 56.0 Å².